The second kappa shape index (κ2) is 3.58. The minimum absolute atomic E-state index is 0.206. The van der Waals surface area contributed by atoms with Crippen molar-refractivity contribution in [3.63, 3.8) is 0 Å². The standard InChI is InChI=1S/C10H20N2/c1-8(2)7-9-10(3,4)12-6-5-11-9/h9,11-12H,1,5-7H2,2-4H3. The molecule has 0 aliphatic carbocycles. The zero-order valence-electron chi connectivity index (χ0n) is 8.41. The van der Waals surface area contributed by atoms with Crippen molar-refractivity contribution in [1.82, 2.24) is 10.6 Å². The zero-order valence-corrected chi connectivity index (χ0v) is 8.41. The van der Waals surface area contributed by atoms with Crippen LogP contribution in [0.1, 0.15) is 27.2 Å². The molecule has 0 aromatic heterocycles. The molecule has 1 saturated heterocycles. The third-order valence-electron chi connectivity index (χ3n) is 2.52. The van der Waals surface area contributed by atoms with Gasteiger partial charge in [-0.05, 0) is 27.2 Å². The van der Waals surface area contributed by atoms with Gasteiger partial charge in [0.05, 0.1) is 0 Å². The first-order chi connectivity index (χ1) is 5.52. The Balaban J connectivity index is 2.54. The SMILES string of the molecule is C=C(C)CC1NCCNC1(C)C. The Kier molecular flexibility index (Phi) is 2.91. The molecule has 0 aromatic rings. The predicted molar refractivity (Wildman–Crippen MR) is 53.3 cm³/mol. The van der Waals surface area contributed by atoms with E-state index in [9.17, 15) is 0 Å². The van der Waals surface area contributed by atoms with Crippen LogP contribution in [0.3, 0.4) is 0 Å². The second-order valence-corrected chi connectivity index (χ2v) is 4.32. The lowest BCUT2D eigenvalue weighted by molar-refractivity contribution is 0.234. The summed E-state index contributed by atoms with van der Waals surface area (Å²) in [5.74, 6) is 0. The molecule has 0 bridgehead atoms. The first-order valence-corrected chi connectivity index (χ1v) is 4.65. The fourth-order valence-corrected chi connectivity index (χ4v) is 1.69. The molecular weight excluding hydrogens is 148 g/mol. The van der Waals surface area contributed by atoms with Gasteiger partial charge in [-0.25, -0.2) is 0 Å². The summed E-state index contributed by atoms with van der Waals surface area (Å²) in [4.78, 5) is 0. The summed E-state index contributed by atoms with van der Waals surface area (Å²) in [7, 11) is 0. The maximum Gasteiger partial charge on any atom is 0.0281 e. The molecule has 0 saturated carbocycles. The second-order valence-electron chi connectivity index (χ2n) is 4.32. The van der Waals surface area contributed by atoms with Crippen molar-refractivity contribution in [2.24, 2.45) is 0 Å². The van der Waals surface area contributed by atoms with Gasteiger partial charge in [0.2, 0.25) is 0 Å². The third kappa shape index (κ3) is 2.32. The van der Waals surface area contributed by atoms with E-state index in [4.69, 9.17) is 0 Å². The molecule has 0 aromatic carbocycles. The number of nitrogens with one attached hydrogen (secondary N) is 2. The summed E-state index contributed by atoms with van der Waals surface area (Å²) >= 11 is 0. The van der Waals surface area contributed by atoms with Crippen LogP contribution in [0.4, 0.5) is 0 Å². The largest absolute Gasteiger partial charge is 0.311 e. The highest BCUT2D eigenvalue weighted by Gasteiger charge is 2.30. The number of hydrogen-bond acceptors (Lipinski definition) is 2. The molecule has 1 atom stereocenters. The average Bonchev–Trinajstić information content (AvgIpc) is 1.92. The van der Waals surface area contributed by atoms with E-state index in [1.165, 1.54) is 5.57 Å². The molecule has 2 heteroatoms. The molecule has 0 radical (unpaired) electrons. The van der Waals surface area contributed by atoms with Crippen LogP contribution < -0.4 is 10.6 Å². The average molecular weight is 168 g/mol. The van der Waals surface area contributed by atoms with E-state index in [0.29, 0.717) is 6.04 Å². The Hall–Kier alpha value is -0.340. The first-order valence-electron chi connectivity index (χ1n) is 4.65. The molecule has 1 aliphatic heterocycles. The van der Waals surface area contributed by atoms with Gasteiger partial charge in [0, 0.05) is 24.7 Å². The van der Waals surface area contributed by atoms with Crippen molar-refractivity contribution in [2.75, 3.05) is 13.1 Å². The fraction of sp³-hybridized carbons (Fsp3) is 0.800. The summed E-state index contributed by atoms with van der Waals surface area (Å²) in [6.45, 7) is 12.7. The Morgan fingerprint density at radius 1 is 1.50 bits per heavy atom. The lowest BCUT2D eigenvalue weighted by Gasteiger charge is -2.40. The quantitative estimate of drug-likeness (QED) is 0.607. The summed E-state index contributed by atoms with van der Waals surface area (Å²) in [6, 6.07) is 0.531. The van der Waals surface area contributed by atoms with Gasteiger partial charge in [-0.2, -0.15) is 0 Å². The third-order valence-corrected chi connectivity index (χ3v) is 2.52. The van der Waals surface area contributed by atoms with Crippen LogP contribution in [-0.2, 0) is 0 Å². The van der Waals surface area contributed by atoms with Gasteiger partial charge in [0.15, 0.2) is 0 Å². The molecule has 2 nitrogen and oxygen atoms in total. The van der Waals surface area contributed by atoms with E-state index in [2.05, 4.69) is 38.0 Å². The Morgan fingerprint density at radius 3 is 2.67 bits per heavy atom. The first kappa shape index (κ1) is 9.75. The lowest BCUT2D eigenvalue weighted by atomic mass is 9.88. The van der Waals surface area contributed by atoms with E-state index in [-0.39, 0.29) is 5.54 Å². The molecule has 0 amide bonds. The Labute approximate surface area is 75.4 Å². The Bertz CT molecular complexity index is 173. The van der Waals surface area contributed by atoms with Gasteiger partial charge in [-0.15, -0.1) is 6.58 Å². The van der Waals surface area contributed by atoms with Gasteiger partial charge in [-0.1, -0.05) is 5.57 Å². The topological polar surface area (TPSA) is 24.1 Å². The van der Waals surface area contributed by atoms with Crippen molar-refractivity contribution in [1.29, 1.82) is 0 Å². The van der Waals surface area contributed by atoms with Crippen molar-refractivity contribution in [2.45, 2.75) is 38.8 Å². The zero-order chi connectivity index (χ0) is 9.19. The summed E-state index contributed by atoms with van der Waals surface area (Å²) in [5.41, 5.74) is 1.46. The van der Waals surface area contributed by atoms with Gasteiger partial charge in [0.25, 0.3) is 0 Å². The van der Waals surface area contributed by atoms with Gasteiger partial charge in [0.1, 0.15) is 0 Å². The number of rotatable bonds is 2. The summed E-state index contributed by atoms with van der Waals surface area (Å²) in [6.07, 6.45) is 1.07. The monoisotopic (exact) mass is 168 g/mol. The lowest BCUT2D eigenvalue weighted by Crippen LogP contribution is -2.62. The highest BCUT2D eigenvalue weighted by atomic mass is 15.1. The van der Waals surface area contributed by atoms with Gasteiger partial charge >= 0.3 is 0 Å². The van der Waals surface area contributed by atoms with Crippen LogP contribution in [0.5, 0.6) is 0 Å². The van der Waals surface area contributed by atoms with Crippen molar-refractivity contribution < 1.29 is 0 Å². The number of piperazine rings is 1. The molecule has 1 aliphatic rings. The van der Waals surface area contributed by atoms with Crippen LogP contribution >= 0.6 is 0 Å². The fourth-order valence-electron chi connectivity index (χ4n) is 1.69. The van der Waals surface area contributed by atoms with Gasteiger partial charge in [-0.3, -0.25) is 0 Å². The smallest absolute Gasteiger partial charge is 0.0281 e. The maximum atomic E-state index is 3.95. The molecule has 1 fully saturated rings. The van der Waals surface area contributed by atoms with Crippen LogP contribution in [0, 0.1) is 0 Å². The van der Waals surface area contributed by atoms with Crippen LogP contribution in [0.25, 0.3) is 0 Å². The minimum Gasteiger partial charge on any atom is -0.311 e. The van der Waals surface area contributed by atoms with E-state index in [1.807, 2.05) is 0 Å². The highest BCUT2D eigenvalue weighted by molar-refractivity contribution is 5.03. The number of hydrogen-bond donors (Lipinski definition) is 2. The van der Waals surface area contributed by atoms with E-state index in [0.717, 1.165) is 19.5 Å². The molecule has 0 spiro atoms. The van der Waals surface area contributed by atoms with Gasteiger partial charge < -0.3 is 10.6 Å². The molecule has 70 valence electrons. The van der Waals surface area contributed by atoms with Crippen LogP contribution in [0.15, 0.2) is 12.2 Å². The van der Waals surface area contributed by atoms with E-state index < -0.39 is 0 Å². The van der Waals surface area contributed by atoms with Crippen molar-refractivity contribution in [3.05, 3.63) is 12.2 Å². The molecule has 1 rings (SSSR count). The Morgan fingerprint density at radius 2 is 2.17 bits per heavy atom. The maximum absolute atomic E-state index is 3.95. The van der Waals surface area contributed by atoms with Crippen molar-refractivity contribution in [3.8, 4) is 0 Å². The minimum atomic E-state index is 0.206. The molecule has 2 N–H and O–H groups in total. The highest BCUT2D eigenvalue weighted by Crippen LogP contribution is 2.17. The molecule has 1 heterocycles. The van der Waals surface area contributed by atoms with E-state index in [1.54, 1.807) is 0 Å². The predicted octanol–water partition coefficient (Wildman–Crippen LogP) is 1.29. The normalized spacial score (nSPS) is 28.4. The summed E-state index contributed by atoms with van der Waals surface area (Å²) < 4.78 is 0. The van der Waals surface area contributed by atoms with Crippen LogP contribution in [0.2, 0.25) is 0 Å². The summed E-state index contributed by atoms with van der Waals surface area (Å²) in [5, 5.41) is 7.03. The molecule has 12 heavy (non-hydrogen) atoms. The molecular formula is C10H20N2. The van der Waals surface area contributed by atoms with E-state index >= 15 is 0 Å². The molecule has 1 unspecified atom stereocenters. The van der Waals surface area contributed by atoms with Crippen LogP contribution in [-0.4, -0.2) is 24.7 Å². The van der Waals surface area contributed by atoms with Crippen molar-refractivity contribution >= 4 is 0 Å².